The molecule has 1 N–H and O–H groups in total. The third-order valence-corrected chi connectivity index (χ3v) is 5.23. The summed E-state index contributed by atoms with van der Waals surface area (Å²) in [6.07, 6.45) is 3.78. The van der Waals surface area contributed by atoms with E-state index in [9.17, 15) is 9.90 Å². The van der Waals surface area contributed by atoms with Crippen molar-refractivity contribution in [2.75, 3.05) is 21.3 Å². The molecule has 162 valence electrons. The first-order valence-corrected chi connectivity index (χ1v) is 9.91. The number of aromatic nitrogens is 1. The number of aliphatic hydroxyl groups is 1. The summed E-state index contributed by atoms with van der Waals surface area (Å²) in [4.78, 5) is 11.5. The van der Waals surface area contributed by atoms with Gasteiger partial charge in [0.25, 0.3) is 0 Å². The lowest BCUT2D eigenvalue weighted by Crippen LogP contribution is -2.10. The molecular formula is C24H24ClNO5. The zero-order valence-corrected chi connectivity index (χ0v) is 18.5. The van der Waals surface area contributed by atoms with Crippen LogP contribution in [-0.2, 0) is 9.53 Å². The molecule has 1 aromatic heterocycles. The molecule has 1 heterocycles. The molecule has 1 unspecified atom stereocenters. The van der Waals surface area contributed by atoms with Gasteiger partial charge in [0.05, 0.1) is 27.0 Å². The fourth-order valence-corrected chi connectivity index (χ4v) is 3.66. The fraction of sp³-hybridized carbons (Fsp3) is 0.208. The number of halogens is 1. The number of benzene rings is 2. The lowest BCUT2D eigenvalue weighted by atomic mass is 9.94. The Morgan fingerprint density at radius 2 is 1.90 bits per heavy atom. The largest absolute Gasteiger partial charge is 0.493 e. The zero-order chi connectivity index (χ0) is 22.5. The molecule has 7 heteroatoms. The number of rotatable bonds is 7. The van der Waals surface area contributed by atoms with Crippen LogP contribution < -0.4 is 9.47 Å². The molecule has 0 radical (unpaired) electrons. The highest BCUT2D eigenvalue weighted by atomic mass is 35.5. The molecule has 0 bridgehead atoms. The first-order chi connectivity index (χ1) is 14.9. The maximum atomic E-state index is 11.5. The predicted octanol–water partition coefficient (Wildman–Crippen LogP) is 4.72. The van der Waals surface area contributed by atoms with E-state index in [0.717, 1.165) is 11.3 Å². The van der Waals surface area contributed by atoms with E-state index in [-0.39, 0.29) is 0 Å². The number of carbonyl (C=O) groups excluding carboxylic acids is 1. The zero-order valence-electron chi connectivity index (χ0n) is 17.8. The van der Waals surface area contributed by atoms with E-state index in [2.05, 4.69) is 4.74 Å². The van der Waals surface area contributed by atoms with E-state index in [1.54, 1.807) is 31.4 Å². The van der Waals surface area contributed by atoms with E-state index in [4.69, 9.17) is 21.1 Å². The van der Waals surface area contributed by atoms with Gasteiger partial charge in [-0.25, -0.2) is 4.79 Å². The molecule has 1 atom stereocenters. The van der Waals surface area contributed by atoms with Gasteiger partial charge in [0.15, 0.2) is 11.5 Å². The molecule has 0 spiro atoms. The number of methoxy groups -OCH3 is 3. The normalized spacial score (nSPS) is 12.1. The van der Waals surface area contributed by atoms with Gasteiger partial charge in [0.1, 0.15) is 6.10 Å². The van der Waals surface area contributed by atoms with Gasteiger partial charge < -0.3 is 23.9 Å². The Kier molecular flexibility index (Phi) is 7.05. The second kappa shape index (κ2) is 9.73. The molecule has 0 aliphatic carbocycles. The second-order valence-corrected chi connectivity index (χ2v) is 7.23. The fourth-order valence-electron chi connectivity index (χ4n) is 3.48. The second-order valence-electron chi connectivity index (χ2n) is 6.80. The summed E-state index contributed by atoms with van der Waals surface area (Å²) in [6.45, 7) is 1.89. The topological polar surface area (TPSA) is 69.9 Å². The van der Waals surface area contributed by atoms with E-state index in [0.29, 0.717) is 33.3 Å². The average Bonchev–Trinajstić information content (AvgIpc) is 3.24. The Morgan fingerprint density at radius 1 is 1.13 bits per heavy atom. The van der Waals surface area contributed by atoms with E-state index >= 15 is 0 Å². The van der Waals surface area contributed by atoms with Crippen LogP contribution in [0.5, 0.6) is 11.5 Å². The minimum Gasteiger partial charge on any atom is -0.493 e. The third kappa shape index (κ3) is 4.60. The van der Waals surface area contributed by atoms with E-state index in [1.165, 1.54) is 20.3 Å². The molecule has 0 fully saturated rings. The maximum absolute atomic E-state index is 11.5. The van der Waals surface area contributed by atoms with Crippen molar-refractivity contribution in [3.05, 3.63) is 82.1 Å². The van der Waals surface area contributed by atoms with Gasteiger partial charge in [-0.05, 0) is 55.0 Å². The van der Waals surface area contributed by atoms with E-state index in [1.807, 2.05) is 42.0 Å². The summed E-state index contributed by atoms with van der Waals surface area (Å²) in [5.41, 5.74) is 3.44. The summed E-state index contributed by atoms with van der Waals surface area (Å²) in [7, 11) is 4.41. The van der Waals surface area contributed by atoms with Crippen LogP contribution >= 0.6 is 11.6 Å². The highest BCUT2D eigenvalue weighted by molar-refractivity contribution is 6.30. The standard InChI is InChI=1S/C24H24ClNO5/c1-15-7-11-20(29-2)24(31-4)22(15)23(28)18-14-16(25)8-10-19(18)26-13-5-6-17(26)9-12-21(27)30-3/h5-14,23,28H,1-4H3/b12-9+. The van der Waals surface area contributed by atoms with Gasteiger partial charge >= 0.3 is 5.97 Å². The van der Waals surface area contributed by atoms with Crippen LogP contribution in [-0.4, -0.2) is 37.0 Å². The van der Waals surface area contributed by atoms with Crippen LogP contribution in [0.2, 0.25) is 5.02 Å². The van der Waals surface area contributed by atoms with Crippen LogP contribution in [0.1, 0.15) is 28.5 Å². The number of aryl methyl sites for hydroxylation is 1. The first-order valence-electron chi connectivity index (χ1n) is 9.54. The number of esters is 1. The number of nitrogens with zero attached hydrogens (tertiary/aromatic N) is 1. The van der Waals surface area contributed by atoms with Crippen molar-refractivity contribution < 1.29 is 24.1 Å². The average molecular weight is 442 g/mol. The number of hydrogen-bond acceptors (Lipinski definition) is 5. The maximum Gasteiger partial charge on any atom is 0.330 e. The molecule has 3 aromatic rings. The van der Waals surface area contributed by atoms with Crippen molar-refractivity contribution in [3.8, 4) is 17.2 Å². The molecule has 0 amide bonds. The van der Waals surface area contributed by atoms with Crippen molar-refractivity contribution in [1.82, 2.24) is 4.57 Å². The van der Waals surface area contributed by atoms with Crippen LogP contribution in [0, 0.1) is 6.92 Å². The highest BCUT2D eigenvalue weighted by Gasteiger charge is 2.24. The van der Waals surface area contributed by atoms with Crippen molar-refractivity contribution in [2.24, 2.45) is 0 Å². The Hall–Kier alpha value is -3.22. The van der Waals surface area contributed by atoms with Crippen molar-refractivity contribution in [1.29, 1.82) is 0 Å². The lowest BCUT2D eigenvalue weighted by Gasteiger charge is -2.23. The van der Waals surface area contributed by atoms with Crippen molar-refractivity contribution in [3.63, 3.8) is 0 Å². The van der Waals surface area contributed by atoms with Crippen LogP contribution in [0.15, 0.2) is 54.7 Å². The number of hydrogen-bond donors (Lipinski definition) is 1. The van der Waals surface area contributed by atoms with E-state index < -0.39 is 12.1 Å². The summed E-state index contributed by atoms with van der Waals surface area (Å²) in [5.74, 6) is 0.522. The summed E-state index contributed by atoms with van der Waals surface area (Å²) >= 11 is 6.29. The highest BCUT2D eigenvalue weighted by Crippen LogP contribution is 2.41. The number of carbonyl (C=O) groups is 1. The monoisotopic (exact) mass is 441 g/mol. The molecule has 2 aromatic carbocycles. The number of aliphatic hydroxyl groups excluding tert-OH is 1. The third-order valence-electron chi connectivity index (χ3n) is 4.99. The van der Waals surface area contributed by atoms with Crippen LogP contribution in [0.25, 0.3) is 11.8 Å². The van der Waals surface area contributed by atoms with Crippen LogP contribution in [0.3, 0.4) is 0 Å². The number of ether oxygens (including phenoxy) is 3. The molecule has 31 heavy (non-hydrogen) atoms. The molecule has 0 aliphatic rings. The van der Waals surface area contributed by atoms with Crippen molar-refractivity contribution in [2.45, 2.75) is 13.0 Å². The van der Waals surface area contributed by atoms with Gasteiger partial charge in [-0.3, -0.25) is 0 Å². The van der Waals surface area contributed by atoms with Crippen LogP contribution in [0.4, 0.5) is 0 Å². The first kappa shape index (κ1) is 22.5. The summed E-state index contributed by atoms with van der Waals surface area (Å²) in [6, 6.07) is 12.6. The Balaban J connectivity index is 2.17. The molecule has 0 aliphatic heterocycles. The lowest BCUT2D eigenvalue weighted by molar-refractivity contribution is -0.134. The van der Waals surface area contributed by atoms with Gasteiger partial charge in [0.2, 0.25) is 0 Å². The minimum atomic E-state index is -1.04. The molecular weight excluding hydrogens is 418 g/mol. The van der Waals surface area contributed by atoms with Gasteiger partial charge in [-0.2, -0.15) is 0 Å². The predicted molar refractivity (Wildman–Crippen MR) is 120 cm³/mol. The summed E-state index contributed by atoms with van der Waals surface area (Å²) < 4.78 is 17.5. The quantitative estimate of drug-likeness (QED) is 0.424. The molecule has 0 saturated heterocycles. The summed E-state index contributed by atoms with van der Waals surface area (Å²) in [5, 5.41) is 11.9. The van der Waals surface area contributed by atoms with Crippen molar-refractivity contribution >= 4 is 23.6 Å². The molecule has 3 rings (SSSR count). The van der Waals surface area contributed by atoms with Gasteiger partial charge in [-0.1, -0.05) is 17.7 Å². The molecule has 0 saturated carbocycles. The van der Waals surface area contributed by atoms with Gasteiger partial charge in [-0.15, -0.1) is 0 Å². The SMILES string of the molecule is COC(=O)/C=C/c1cccn1-c1ccc(Cl)cc1C(O)c1c(C)ccc(OC)c1OC. The molecule has 6 nitrogen and oxygen atoms in total. The smallest absolute Gasteiger partial charge is 0.330 e. The Morgan fingerprint density at radius 3 is 2.58 bits per heavy atom. The Labute approximate surface area is 186 Å². The van der Waals surface area contributed by atoms with Gasteiger partial charge in [0, 0.05) is 34.1 Å². The Bertz CT molecular complexity index is 1120. The minimum absolute atomic E-state index is 0.458.